The van der Waals surface area contributed by atoms with E-state index in [1.807, 2.05) is 0 Å². The zero-order valence-electron chi connectivity index (χ0n) is 13.4. The van der Waals surface area contributed by atoms with Crippen molar-refractivity contribution in [1.82, 2.24) is 4.90 Å². The number of likely N-dealkylation sites (tertiary alicyclic amines) is 1. The molecule has 0 aliphatic carbocycles. The Balaban J connectivity index is 2.87. The van der Waals surface area contributed by atoms with Gasteiger partial charge >= 0.3 is 11.9 Å². The molecule has 0 spiro atoms. The molecular formula is C15H27NO5. The third-order valence-electron chi connectivity index (χ3n) is 3.98. The summed E-state index contributed by atoms with van der Waals surface area (Å²) >= 11 is 0. The van der Waals surface area contributed by atoms with Crippen LogP contribution in [0.3, 0.4) is 0 Å². The van der Waals surface area contributed by atoms with E-state index < -0.39 is 23.5 Å². The van der Waals surface area contributed by atoms with Crippen LogP contribution in [0.2, 0.25) is 0 Å². The number of carbonyl (C=O) groups is 2. The zero-order chi connectivity index (χ0) is 16.0. The van der Waals surface area contributed by atoms with Gasteiger partial charge in [0.05, 0.1) is 18.8 Å². The molecule has 6 nitrogen and oxygen atoms in total. The minimum atomic E-state index is -1.39. The number of piperidine rings is 1. The minimum absolute atomic E-state index is 0.170. The quantitative estimate of drug-likeness (QED) is 0.582. The molecule has 1 rings (SSSR count). The fraction of sp³-hybridized carbons (Fsp3) is 0.867. The smallest absolute Gasteiger partial charge is 0.323 e. The number of nitrogens with zero attached hydrogens (tertiary/aromatic N) is 1. The maximum Gasteiger partial charge on any atom is 0.323 e. The Labute approximate surface area is 126 Å². The van der Waals surface area contributed by atoms with Gasteiger partial charge in [-0.2, -0.15) is 0 Å². The van der Waals surface area contributed by atoms with Crippen LogP contribution >= 0.6 is 0 Å². The van der Waals surface area contributed by atoms with Gasteiger partial charge in [0, 0.05) is 19.1 Å². The molecule has 1 fully saturated rings. The average Bonchev–Trinajstić information content (AvgIpc) is 2.39. The highest BCUT2D eigenvalue weighted by Crippen LogP contribution is 2.32. The molecule has 1 aliphatic heterocycles. The van der Waals surface area contributed by atoms with Crippen molar-refractivity contribution in [1.29, 1.82) is 0 Å². The molecule has 1 saturated heterocycles. The highest BCUT2D eigenvalue weighted by molar-refractivity contribution is 5.96. The summed E-state index contributed by atoms with van der Waals surface area (Å²) in [5.74, 6) is -2.65. The third kappa shape index (κ3) is 4.41. The van der Waals surface area contributed by atoms with Crippen molar-refractivity contribution in [3.63, 3.8) is 0 Å². The predicted molar refractivity (Wildman–Crippen MR) is 77.6 cm³/mol. The van der Waals surface area contributed by atoms with Crippen molar-refractivity contribution in [2.45, 2.75) is 52.2 Å². The van der Waals surface area contributed by atoms with Crippen LogP contribution in [-0.2, 0) is 19.1 Å². The molecule has 0 atom stereocenters. The van der Waals surface area contributed by atoms with E-state index in [9.17, 15) is 14.7 Å². The summed E-state index contributed by atoms with van der Waals surface area (Å²) in [7, 11) is 0. The van der Waals surface area contributed by atoms with Gasteiger partial charge in [0.15, 0.2) is 5.92 Å². The van der Waals surface area contributed by atoms with E-state index >= 15 is 0 Å². The molecule has 0 radical (unpaired) electrons. The molecule has 0 aromatic rings. The van der Waals surface area contributed by atoms with E-state index in [0.717, 1.165) is 0 Å². The molecule has 0 bridgehead atoms. The second kappa shape index (κ2) is 7.75. The summed E-state index contributed by atoms with van der Waals surface area (Å²) in [4.78, 5) is 26.4. The molecule has 0 amide bonds. The maximum atomic E-state index is 12.1. The Morgan fingerprint density at radius 3 is 1.86 bits per heavy atom. The van der Waals surface area contributed by atoms with Crippen molar-refractivity contribution in [3.05, 3.63) is 0 Å². The van der Waals surface area contributed by atoms with E-state index in [2.05, 4.69) is 18.7 Å². The number of ether oxygens (including phenoxy) is 2. The van der Waals surface area contributed by atoms with E-state index in [4.69, 9.17) is 9.47 Å². The van der Waals surface area contributed by atoms with E-state index in [1.165, 1.54) is 0 Å². The van der Waals surface area contributed by atoms with Gasteiger partial charge < -0.3 is 19.5 Å². The Morgan fingerprint density at radius 1 is 1.10 bits per heavy atom. The van der Waals surface area contributed by atoms with Gasteiger partial charge in [0.25, 0.3) is 0 Å². The van der Waals surface area contributed by atoms with Crippen molar-refractivity contribution < 1.29 is 24.2 Å². The molecule has 1 heterocycles. The van der Waals surface area contributed by atoms with Gasteiger partial charge in [-0.15, -0.1) is 0 Å². The molecule has 1 N–H and O–H groups in total. The third-order valence-corrected chi connectivity index (χ3v) is 3.98. The second-order valence-corrected chi connectivity index (χ2v) is 5.67. The zero-order valence-corrected chi connectivity index (χ0v) is 13.4. The lowest BCUT2D eigenvalue weighted by Crippen LogP contribution is -2.55. The number of hydrogen-bond acceptors (Lipinski definition) is 6. The number of rotatable bonds is 6. The van der Waals surface area contributed by atoms with Crippen molar-refractivity contribution in [2.75, 3.05) is 26.3 Å². The SMILES string of the molecule is CCOC(=O)C(C(=O)OCC)C1(O)CCN(C(C)C)CC1. The highest BCUT2D eigenvalue weighted by atomic mass is 16.6. The topological polar surface area (TPSA) is 76.1 Å². The molecule has 0 aromatic carbocycles. The Bertz CT molecular complexity index is 343. The lowest BCUT2D eigenvalue weighted by molar-refractivity contribution is -0.178. The van der Waals surface area contributed by atoms with Gasteiger partial charge in [0.2, 0.25) is 0 Å². The van der Waals surface area contributed by atoms with Gasteiger partial charge in [-0.3, -0.25) is 9.59 Å². The fourth-order valence-corrected chi connectivity index (χ4v) is 2.70. The summed E-state index contributed by atoms with van der Waals surface area (Å²) in [5, 5.41) is 10.8. The molecule has 122 valence electrons. The predicted octanol–water partition coefficient (Wildman–Crippen LogP) is 0.964. The summed E-state index contributed by atoms with van der Waals surface area (Å²) < 4.78 is 9.90. The molecule has 0 aromatic heterocycles. The van der Waals surface area contributed by atoms with Crippen molar-refractivity contribution in [3.8, 4) is 0 Å². The average molecular weight is 301 g/mol. The van der Waals surface area contributed by atoms with Crippen molar-refractivity contribution >= 4 is 11.9 Å². The Hall–Kier alpha value is -1.14. The molecule has 21 heavy (non-hydrogen) atoms. The monoisotopic (exact) mass is 301 g/mol. The van der Waals surface area contributed by atoms with E-state index in [-0.39, 0.29) is 13.2 Å². The summed E-state index contributed by atoms with van der Waals surface area (Å²) in [6, 6.07) is 0.373. The maximum absolute atomic E-state index is 12.1. The molecule has 0 unspecified atom stereocenters. The van der Waals surface area contributed by atoms with Gasteiger partial charge in [-0.25, -0.2) is 0 Å². The summed E-state index contributed by atoms with van der Waals surface area (Å²) in [5.41, 5.74) is -1.39. The minimum Gasteiger partial charge on any atom is -0.465 e. The van der Waals surface area contributed by atoms with Gasteiger partial charge in [-0.05, 0) is 40.5 Å². The first-order valence-corrected chi connectivity index (χ1v) is 7.65. The Morgan fingerprint density at radius 2 is 1.52 bits per heavy atom. The number of carbonyl (C=O) groups excluding carboxylic acids is 2. The normalized spacial score (nSPS) is 18.8. The lowest BCUT2D eigenvalue weighted by atomic mass is 9.79. The molecule has 0 saturated carbocycles. The van der Waals surface area contributed by atoms with Gasteiger partial charge in [-0.1, -0.05) is 0 Å². The van der Waals surface area contributed by atoms with Crippen LogP contribution in [0.25, 0.3) is 0 Å². The van der Waals surface area contributed by atoms with Crippen LogP contribution in [-0.4, -0.2) is 59.9 Å². The Kier molecular flexibility index (Phi) is 6.61. The lowest BCUT2D eigenvalue weighted by Gasteiger charge is -2.42. The number of hydrogen-bond donors (Lipinski definition) is 1. The van der Waals surface area contributed by atoms with Crippen LogP contribution in [0.5, 0.6) is 0 Å². The highest BCUT2D eigenvalue weighted by Gasteiger charge is 2.49. The van der Waals surface area contributed by atoms with Gasteiger partial charge in [0.1, 0.15) is 0 Å². The molecular weight excluding hydrogens is 274 g/mol. The van der Waals surface area contributed by atoms with Crippen LogP contribution in [0, 0.1) is 5.92 Å². The first-order valence-electron chi connectivity index (χ1n) is 7.65. The second-order valence-electron chi connectivity index (χ2n) is 5.67. The van der Waals surface area contributed by atoms with Crippen LogP contribution in [0.15, 0.2) is 0 Å². The van der Waals surface area contributed by atoms with Crippen LogP contribution in [0.1, 0.15) is 40.5 Å². The standard InChI is InChI=1S/C15H27NO5/c1-5-20-13(17)12(14(18)21-6-2)15(19)7-9-16(10-8-15)11(3)4/h11-12,19H,5-10H2,1-4H3. The summed E-state index contributed by atoms with van der Waals surface area (Å²) in [6.07, 6.45) is 0.709. The summed E-state index contributed by atoms with van der Waals surface area (Å²) in [6.45, 7) is 9.13. The van der Waals surface area contributed by atoms with E-state index in [0.29, 0.717) is 32.0 Å². The van der Waals surface area contributed by atoms with Crippen LogP contribution in [0.4, 0.5) is 0 Å². The number of esters is 2. The van der Waals surface area contributed by atoms with E-state index in [1.54, 1.807) is 13.8 Å². The molecule has 6 heteroatoms. The first kappa shape index (κ1) is 17.9. The number of aliphatic hydroxyl groups is 1. The first-order chi connectivity index (χ1) is 9.85. The van der Waals surface area contributed by atoms with Crippen LogP contribution < -0.4 is 0 Å². The largest absolute Gasteiger partial charge is 0.465 e. The molecule has 1 aliphatic rings. The van der Waals surface area contributed by atoms with Crippen molar-refractivity contribution in [2.24, 2.45) is 5.92 Å². The fourth-order valence-electron chi connectivity index (χ4n) is 2.70.